The molecule has 3 nitrogen and oxygen atoms in total. The number of aryl methyl sites for hydroxylation is 1. The molecule has 4 heteroatoms. The maximum atomic E-state index is 6.33. The van der Waals surface area contributed by atoms with Gasteiger partial charge in [-0.25, -0.2) is 4.98 Å². The first-order valence-corrected chi connectivity index (χ1v) is 7.22. The number of nitrogens with two attached hydrogens (primary N) is 1. The van der Waals surface area contributed by atoms with E-state index in [4.69, 9.17) is 5.73 Å². The Morgan fingerprint density at radius 2 is 2.18 bits per heavy atom. The molecule has 1 saturated heterocycles. The molecule has 0 saturated carbocycles. The highest BCUT2D eigenvalue weighted by molar-refractivity contribution is 7.09. The molecular formula is C13H23N3S. The molecule has 1 aromatic rings. The van der Waals surface area contributed by atoms with Gasteiger partial charge >= 0.3 is 0 Å². The summed E-state index contributed by atoms with van der Waals surface area (Å²) in [5.74, 6) is 0. The van der Waals surface area contributed by atoms with E-state index in [0.29, 0.717) is 0 Å². The number of likely N-dealkylation sites (tertiary alicyclic amines) is 1. The van der Waals surface area contributed by atoms with Crippen LogP contribution < -0.4 is 5.73 Å². The Kier molecular flexibility index (Phi) is 3.57. The Balaban J connectivity index is 2.31. The monoisotopic (exact) mass is 253 g/mol. The van der Waals surface area contributed by atoms with Gasteiger partial charge in [0.1, 0.15) is 0 Å². The predicted octanol–water partition coefficient (Wildman–Crippen LogP) is 2.71. The van der Waals surface area contributed by atoms with Crippen LogP contribution in [0.15, 0.2) is 5.38 Å². The van der Waals surface area contributed by atoms with Gasteiger partial charge in [-0.05, 0) is 47.1 Å². The van der Waals surface area contributed by atoms with Crippen molar-refractivity contribution in [1.82, 2.24) is 9.88 Å². The molecule has 1 aromatic heterocycles. The van der Waals surface area contributed by atoms with Crippen LogP contribution in [0.4, 0.5) is 0 Å². The molecule has 0 aliphatic carbocycles. The van der Waals surface area contributed by atoms with Crippen LogP contribution in [0.5, 0.6) is 0 Å². The maximum absolute atomic E-state index is 6.33. The summed E-state index contributed by atoms with van der Waals surface area (Å²) < 4.78 is 0. The van der Waals surface area contributed by atoms with Gasteiger partial charge in [-0.2, -0.15) is 0 Å². The number of nitrogens with zero attached hydrogens (tertiary/aromatic N) is 2. The number of hydrogen-bond acceptors (Lipinski definition) is 4. The van der Waals surface area contributed by atoms with Gasteiger partial charge in [0.15, 0.2) is 0 Å². The molecule has 2 rings (SSSR count). The van der Waals surface area contributed by atoms with Crippen molar-refractivity contribution in [3.63, 3.8) is 0 Å². The van der Waals surface area contributed by atoms with E-state index >= 15 is 0 Å². The summed E-state index contributed by atoms with van der Waals surface area (Å²) >= 11 is 1.72. The zero-order valence-corrected chi connectivity index (χ0v) is 12.0. The van der Waals surface area contributed by atoms with E-state index in [0.717, 1.165) is 23.7 Å². The van der Waals surface area contributed by atoms with Crippen molar-refractivity contribution in [2.45, 2.75) is 58.2 Å². The molecule has 0 aromatic carbocycles. The number of hydrogen-bond donors (Lipinski definition) is 1. The lowest BCUT2D eigenvalue weighted by Crippen LogP contribution is -2.53. The quantitative estimate of drug-likeness (QED) is 0.837. The molecule has 0 radical (unpaired) electrons. The molecule has 1 aliphatic heterocycles. The molecule has 0 bridgehead atoms. The minimum absolute atomic E-state index is 0.153. The SMILES string of the molecule is Cc1nc(C2C(N)CCCN2C(C)(C)C)cs1. The van der Waals surface area contributed by atoms with E-state index in [9.17, 15) is 0 Å². The Morgan fingerprint density at radius 1 is 1.47 bits per heavy atom. The zero-order chi connectivity index (χ0) is 12.6. The minimum Gasteiger partial charge on any atom is -0.326 e. The predicted molar refractivity (Wildman–Crippen MR) is 73.3 cm³/mol. The van der Waals surface area contributed by atoms with Gasteiger partial charge in [0.05, 0.1) is 16.7 Å². The minimum atomic E-state index is 0.153. The summed E-state index contributed by atoms with van der Waals surface area (Å²) in [5, 5.41) is 3.30. The van der Waals surface area contributed by atoms with Crippen molar-refractivity contribution in [3.8, 4) is 0 Å². The highest BCUT2D eigenvalue weighted by atomic mass is 32.1. The van der Waals surface area contributed by atoms with Crippen LogP contribution >= 0.6 is 11.3 Å². The van der Waals surface area contributed by atoms with Crippen LogP contribution in [0.25, 0.3) is 0 Å². The van der Waals surface area contributed by atoms with Crippen molar-refractivity contribution < 1.29 is 0 Å². The summed E-state index contributed by atoms with van der Waals surface area (Å²) in [4.78, 5) is 7.15. The van der Waals surface area contributed by atoms with Crippen molar-refractivity contribution in [3.05, 3.63) is 16.1 Å². The molecule has 2 N–H and O–H groups in total. The lowest BCUT2D eigenvalue weighted by molar-refractivity contribution is 0.0365. The molecule has 2 heterocycles. The average Bonchev–Trinajstić information content (AvgIpc) is 2.63. The average molecular weight is 253 g/mol. The molecule has 0 amide bonds. The van der Waals surface area contributed by atoms with Crippen LogP contribution in [0.2, 0.25) is 0 Å². The Morgan fingerprint density at radius 3 is 2.71 bits per heavy atom. The first-order valence-electron chi connectivity index (χ1n) is 6.34. The molecule has 96 valence electrons. The van der Waals surface area contributed by atoms with Gasteiger partial charge in [-0.3, -0.25) is 4.90 Å². The normalized spacial score (nSPS) is 27.4. The van der Waals surface area contributed by atoms with E-state index in [1.165, 1.54) is 6.42 Å². The van der Waals surface area contributed by atoms with Crippen LogP contribution in [0, 0.1) is 6.92 Å². The van der Waals surface area contributed by atoms with Gasteiger partial charge in [0.25, 0.3) is 0 Å². The summed E-state index contributed by atoms with van der Waals surface area (Å²) in [7, 11) is 0. The smallest absolute Gasteiger partial charge is 0.0898 e. The van der Waals surface area contributed by atoms with Crippen LogP contribution in [0.3, 0.4) is 0 Å². The summed E-state index contributed by atoms with van der Waals surface area (Å²) in [6.45, 7) is 9.97. The maximum Gasteiger partial charge on any atom is 0.0898 e. The summed E-state index contributed by atoms with van der Waals surface area (Å²) in [5.41, 5.74) is 7.65. The highest BCUT2D eigenvalue weighted by Gasteiger charge is 2.37. The fraction of sp³-hybridized carbons (Fsp3) is 0.769. The fourth-order valence-electron chi connectivity index (χ4n) is 2.67. The molecule has 1 aliphatic rings. The molecular weight excluding hydrogens is 230 g/mol. The lowest BCUT2D eigenvalue weighted by atomic mass is 9.90. The van der Waals surface area contributed by atoms with Gasteiger partial charge < -0.3 is 5.73 Å². The Bertz CT molecular complexity index is 380. The van der Waals surface area contributed by atoms with Crippen LogP contribution in [-0.4, -0.2) is 28.0 Å². The Hall–Kier alpha value is -0.450. The largest absolute Gasteiger partial charge is 0.326 e. The van der Waals surface area contributed by atoms with Gasteiger partial charge in [0, 0.05) is 17.0 Å². The number of rotatable bonds is 1. The van der Waals surface area contributed by atoms with E-state index in [1.807, 2.05) is 0 Å². The van der Waals surface area contributed by atoms with Crippen molar-refractivity contribution >= 4 is 11.3 Å². The van der Waals surface area contributed by atoms with E-state index < -0.39 is 0 Å². The topological polar surface area (TPSA) is 42.1 Å². The molecule has 17 heavy (non-hydrogen) atoms. The number of piperidine rings is 1. The number of thiazole rings is 1. The standard InChI is InChI=1S/C13H23N3S/c1-9-15-11(8-17-9)12-10(14)6-5-7-16(12)13(2,3)4/h8,10,12H,5-7,14H2,1-4H3. The first-order chi connectivity index (χ1) is 7.89. The van der Waals surface area contributed by atoms with E-state index in [2.05, 4.69) is 43.0 Å². The Labute approximate surface area is 108 Å². The van der Waals surface area contributed by atoms with Gasteiger partial charge in [0.2, 0.25) is 0 Å². The molecule has 1 fully saturated rings. The molecule has 2 atom stereocenters. The highest BCUT2D eigenvalue weighted by Crippen LogP contribution is 2.35. The van der Waals surface area contributed by atoms with Gasteiger partial charge in [-0.1, -0.05) is 0 Å². The zero-order valence-electron chi connectivity index (χ0n) is 11.2. The first kappa shape index (κ1) is 13.0. The second-order valence-electron chi connectivity index (χ2n) is 5.91. The molecule has 0 spiro atoms. The summed E-state index contributed by atoms with van der Waals surface area (Å²) in [6.07, 6.45) is 2.30. The molecule has 2 unspecified atom stereocenters. The van der Waals surface area contributed by atoms with E-state index in [1.54, 1.807) is 11.3 Å². The summed E-state index contributed by atoms with van der Waals surface area (Å²) in [6, 6.07) is 0.498. The third kappa shape index (κ3) is 2.69. The van der Waals surface area contributed by atoms with Gasteiger partial charge in [-0.15, -0.1) is 11.3 Å². The van der Waals surface area contributed by atoms with E-state index in [-0.39, 0.29) is 17.6 Å². The third-order valence-corrected chi connectivity index (χ3v) is 4.27. The lowest BCUT2D eigenvalue weighted by Gasteiger charge is -2.46. The second-order valence-corrected chi connectivity index (χ2v) is 6.97. The third-order valence-electron chi connectivity index (χ3n) is 3.48. The van der Waals surface area contributed by atoms with Crippen molar-refractivity contribution in [2.24, 2.45) is 5.73 Å². The van der Waals surface area contributed by atoms with Crippen molar-refractivity contribution in [2.75, 3.05) is 6.54 Å². The van der Waals surface area contributed by atoms with Crippen LogP contribution in [0.1, 0.15) is 50.4 Å². The fourth-order valence-corrected chi connectivity index (χ4v) is 3.31. The van der Waals surface area contributed by atoms with Crippen molar-refractivity contribution in [1.29, 1.82) is 0 Å². The number of aromatic nitrogens is 1. The second kappa shape index (κ2) is 4.67. The van der Waals surface area contributed by atoms with Crippen LogP contribution in [-0.2, 0) is 0 Å².